The third kappa shape index (κ3) is 9.82. The molecule has 0 radical (unpaired) electrons. The van der Waals surface area contributed by atoms with Gasteiger partial charge >= 0.3 is 12.3 Å². The van der Waals surface area contributed by atoms with Gasteiger partial charge in [-0.05, 0) is 44.3 Å². The molecule has 12 heteroatoms. The molecule has 1 aliphatic carbocycles. The number of ether oxygens (including phenoxy) is 1. The van der Waals surface area contributed by atoms with Crippen LogP contribution in [0.15, 0.2) is 64.9 Å². The SMILES string of the molecule is C=CC=C(CC)OC(=O)N(CC)C1CN(C(=O)C2CCN(C(=O)C/C=C\C(C=NC)C(F)(F)F)CC2)CC1C1C=CC(Cl)=CC1. The number of carbonyl (C=O) groups excluding carboxylic acids is 3. The maximum atomic E-state index is 13.8. The van der Waals surface area contributed by atoms with Gasteiger partial charge in [-0.2, -0.15) is 13.2 Å². The van der Waals surface area contributed by atoms with Crippen LogP contribution in [0.1, 0.15) is 46.0 Å². The number of carbonyl (C=O) groups is 3. The van der Waals surface area contributed by atoms with Crippen LogP contribution < -0.4 is 0 Å². The number of rotatable bonds is 11. The highest BCUT2D eigenvalue weighted by atomic mass is 35.5. The molecule has 3 amide bonds. The van der Waals surface area contributed by atoms with Crippen molar-refractivity contribution in [2.24, 2.45) is 28.7 Å². The highest BCUT2D eigenvalue weighted by Crippen LogP contribution is 2.36. The lowest BCUT2D eigenvalue weighted by Gasteiger charge is -2.34. The van der Waals surface area contributed by atoms with Crippen molar-refractivity contribution in [1.29, 1.82) is 0 Å². The van der Waals surface area contributed by atoms with E-state index in [0.29, 0.717) is 69.2 Å². The number of aliphatic imine (C=N–C) groups is 1. The van der Waals surface area contributed by atoms with Gasteiger partial charge in [0, 0.05) is 75.7 Å². The van der Waals surface area contributed by atoms with Gasteiger partial charge in [-0.25, -0.2) is 4.79 Å². The second kappa shape index (κ2) is 16.8. The van der Waals surface area contributed by atoms with Gasteiger partial charge in [-0.1, -0.05) is 55.5 Å². The van der Waals surface area contributed by atoms with E-state index in [0.717, 1.165) is 12.3 Å². The molecule has 0 spiro atoms. The van der Waals surface area contributed by atoms with E-state index in [-0.39, 0.29) is 42.0 Å². The predicted molar refractivity (Wildman–Crippen MR) is 169 cm³/mol. The van der Waals surface area contributed by atoms with Crippen molar-refractivity contribution in [1.82, 2.24) is 14.7 Å². The minimum Gasteiger partial charge on any atom is -0.415 e. The smallest absolute Gasteiger partial charge is 0.415 e. The molecule has 0 saturated carbocycles. The molecule has 2 aliphatic heterocycles. The van der Waals surface area contributed by atoms with E-state index in [1.165, 1.54) is 13.1 Å². The van der Waals surface area contributed by atoms with Crippen molar-refractivity contribution < 1.29 is 32.3 Å². The Balaban J connectivity index is 1.66. The molecular weight excluding hydrogens is 609 g/mol. The minimum absolute atomic E-state index is 0.0139. The normalized spacial score (nSPS) is 23.8. The summed E-state index contributed by atoms with van der Waals surface area (Å²) in [5.41, 5.74) is 0. The van der Waals surface area contributed by atoms with Crippen LogP contribution in [-0.4, -0.2) is 90.8 Å². The van der Waals surface area contributed by atoms with Crippen LogP contribution >= 0.6 is 11.6 Å². The van der Waals surface area contributed by atoms with Crippen molar-refractivity contribution in [3.05, 3.63) is 59.9 Å². The van der Waals surface area contributed by atoms with Crippen LogP contribution in [0.4, 0.5) is 18.0 Å². The Labute approximate surface area is 269 Å². The van der Waals surface area contributed by atoms with Gasteiger partial charge in [0.15, 0.2) is 0 Å². The molecule has 2 saturated heterocycles. The highest BCUT2D eigenvalue weighted by Gasteiger charge is 2.45. The summed E-state index contributed by atoms with van der Waals surface area (Å²) in [5, 5.41) is 0.661. The molecular formula is C33H44ClF3N4O4. The van der Waals surface area contributed by atoms with E-state index in [1.807, 2.05) is 37.0 Å². The van der Waals surface area contributed by atoms with Gasteiger partial charge in [-0.15, -0.1) is 0 Å². The first-order chi connectivity index (χ1) is 21.4. The molecule has 248 valence electrons. The van der Waals surface area contributed by atoms with Gasteiger partial charge in [0.1, 0.15) is 11.7 Å². The molecule has 0 aromatic heterocycles. The van der Waals surface area contributed by atoms with Crippen molar-refractivity contribution in [3.63, 3.8) is 0 Å². The van der Waals surface area contributed by atoms with E-state index < -0.39 is 18.2 Å². The molecule has 0 aromatic rings. The molecule has 4 unspecified atom stereocenters. The number of likely N-dealkylation sites (tertiary alicyclic amines) is 2. The summed E-state index contributed by atoms with van der Waals surface area (Å²) in [7, 11) is 1.27. The molecule has 0 bridgehead atoms. The van der Waals surface area contributed by atoms with Gasteiger partial charge in [-0.3, -0.25) is 14.6 Å². The Morgan fingerprint density at radius 1 is 1.20 bits per heavy atom. The molecule has 45 heavy (non-hydrogen) atoms. The zero-order valence-electron chi connectivity index (χ0n) is 26.2. The molecule has 0 N–H and O–H groups in total. The molecule has 2 fully saturated rings. The lowest BCUT2D eigenvalue weighted by molar-refractivity contribution is -0.143. The minimum atomic E-state index is -4.47. The van der Waals surface area contributed by atoms with E-state index in [2.05, 4.69) is 11.6 Å². The second-order valence-corrected chi connectivity index (χ2v) is 11.9. The summed E-state index contributed by atoms with van der Waals surface area (Å²) in [4.78, 5) is 48.4. The summed E-state index contributed by atoms with van der Waals surface area (Å²) in [6.45, 7) is 9.41. The fourth-order valence-electron chi connectivity index (χ4n) is 6.18. The predicted octanol–water partition coefficient (Wildman–Crippen LogP) is 6.51. The number of halogens is 4. The van der Waals surface area contributed by atoms with Crippen LogP contribution in [0.25, 0.3) is 0 Å². The molecule has 4 atom stereocenters. The molecule has 2 heterocycles. The largest absolute Gasteiger partial charge is 0.415 e. The van der Waals surface area contributed by atoms with Crippen LogP contribution in [-0.2, 0) is 14.3 Å². The number of likely N-dealkylation sites (N-methyl/N-ethyl adjacent to an activating group) is 1. The summed E-state index contributed by atoms with van der Waals surface area (Å²) < 4.78 is 44.9. The van der Waals surface area contributed by atoms with Crippen LogP contribution in [0.2, 0.25) is 0 Å². The topological polar surface area (TPSA) is 82.5 Å². The van der Waals surface area contributed by atoms with Gasteiger partial charge in [0.25, 0.3) is 0 Å². The van der Waals surface area contributed by atoms with Gasteiger partial charge in [0.2, 0.25) is 11.8 Å². The average molecular weight is 653 g/mol. The number of piperidine rings is 1. The zero-order valence-corrected chi connectivity index (χ0v) is 27.0. The lowest BCUT2D eigenvalue weighted by atomic mass is 9.83. The first kappa shape index (κ1) is 36.1. The quantitative estimate of drug-likeness (QED) is 0.110. The van der Waals surface area contributed by atoms with Crippen molar-refractivity contribution >= 4 is 35.7 Å². The summed E-state index contributed by atoms with van der Waals surface area (Å²) in [6.07, 6.45) is 9.13. The zero-order chi connectivity index (χ0) is 33.1. The Kier molecular flexibility index (Phi) is 13.5. The maximum Gasteiger partial charge on any atom is 0.415 e. The van der Waals surface area contributed by atoms with E-state index >= 15 is 0 Å². The Hall–Kier alpha value is -3.34. The van der Waals surface area contributed by atoms with E-state index in [1.54, 1.807) is 22.0 Å². The summed E-state index contributed by atoms with van der Waals surface area (Å²) in [5.74, 6) is -1.86. The van der Waals surface area contributed by atoms with Gasteiger partial charge in [0.05, 0.1) is 6.04 Å². The average Bonchev–Trinajstić information content (AvgIpc) is 3.45. The van der Waals surface area contributed by atoms with Crippen molar-refractivity contribution in [2.45, 2.75) is 58.2 Å². The van der Waals surface area contributed by atoms with E-state index in [4.69, 9.17) is 16.3 Å². The standard InChI is InChI=1S/C33H44ClF3N4O4/c1-5-9-27(6-2)45-32(44)41(7-3)29-22-40(21-28(29)23-12-14-26(34)15-13-23)31(43)24-16-18-39(19-17-24)30(42)11-8-10-25(20-38-4)33(35,36)37/h5,8-10,12,14-15,20,23-25,28-29H,1,6-7,11,13,16-19,21-22H2,2-4H3/b10-8-,27-9?,38-20?. The lowest BCUT2D eigenvalue weighted by Crippen LogP contribution is -2.47. The molecule has 8 nitrogen and oxygen atoms in total. The molecule has 3 rings (SSSR count). The molecule has 0 aromatic carbocycles. The number of hydrogen-bond acceptors (Lipinski definition) is 5. The van der Waals surface area contributed by atoms with E-state index in [9.17, 15) is 27.6 Å². The number of amides is 3. The summed E-state index contributed by atoms with van der Waals surface area (Å²) in [6, 6.07) is -0.264. The Morgan fingerprint density at radius 3 is 2.47 bits per heavy atom. The van der Waals surface area contributed by atoms with Gasteiger partial charge < -0.3 is 19.4 Å². The summed E-state index contributed by atoms with van der Waals surface area (Å²) >= 11 is 6.18. The number of nitrogens with zero attached hydrogens (tertiary/aromatic N) is 4. The fourth-order valence-corrected chi connectivity index (χ4v) is 6.34. The monoisotopic (exact) mass is 652 g/mol. The fraction of sp³-hybridized carbons (Fsp3) is 0.576. The van der Waals surface area contributed by atoms with Crippen LogP contribution in [0.3, 0.4) is 0 Å². The first-order valence-corrected chi connectivity index (χ1v) is 15.9. The number of allylic oxidation sites excluding steroid dienone is 8. The molecule has 3 aliphatic rings. The third-order valence-electron chi connectivity index (χ3n) is 8.65. The van der Waals surface area contributed by atoms with Crippen molar-refractivity contribution in [3.8, 4) is 0 Å². The Morgan fingerprint density at radius 2 is 1.91 bits per heavy atom. The second-order valence-electron chi connectivity index (χ2n) is 11.5. The number of alkyl halides is 3. The number of hydrogen-bond donors (Lipinski definition) is 0. The maximum absolute atomic E-state index is 13.8. The van der Waals surface area contributed by atoms with Crippen LogP contribution in [0, 0.1) is 23.7 Å². The first-order valence-electron chi connectivity index (χ1n) is 15.5. The van der Waals surface area contributed by atoms with Crippen molar-refractivity contribution in [2.75, 3.05) is 39.8 Å². The van der Waals surface area contributed by atoms with Crippen LogP contribution in [0.5, 0.6) is 0 Å². The Bertz CT molecular complexity index is 1220. The third-order valence-corrected chi connectivity index (χ3v) is 8.93. The highest BCUT2D eigenvalue weighted by molar-refractivity contribution is 6.31.